The van der Waals surface area contributed by atoms with Crippen LogP contribution in [0.15, 0.2) is 71.5 Å². The number of hydrogen-bond acceptors (Lipinski definition) is 4. The van der Waals surface area contributed by atoms with Gasteiger partial charge in [-0.2, -0.15) is 13.9 Å². The van der Waals surface area contributed by atoms with Gasteiger partial charge in [-0.25, -0.2) is 4.68 Å². The molecule has 2 aromatic carbocycles. The number of alkyl halides is 2. The summed E-state index contributed by atoms with van der Waals surface area (Å²) < 4.78 is 29.7. The molecular formula is C19H15F2N3O3. The highest BCUT2D eigenvalue weighted by Gasteiger charge is 2.11. The molecule has 27 heavy (non-hydrogen) atoms. The van der Waals surface area contributed by atoms with Gasteiger partial charge in [0.05, 0.1) is 6.54 Å². The molecule has 0 saturated heterocycles. The van der Waals surface area contributed by atoms with Crippen molar-refractivity contribution < 1.29 is 18.3 Å². The summed E-state index contributed by atoms with van der Waals surface area (Å²) in [6, 6.07) is 17.3. The SMILES string of the molecule is O=C(Nc1ccc(OC(F)F)cc1)c1ccc(=O)n(Cc2ccccc2)n1. The van der Waals surface area contributed by atoms with E-state index in [0.717, 1.165) is 5.56 Å². The lowest BCUT2D eigenvalue weighted by molar-refractivity contribution is -0.0498. The summed E-state index contributed by atoms with van der Waals surface area (Å²) in [7, 11) is 0. The molecule has 138 valence electrons. The molecule has 1 heterocycles. The maximum absolute atomic E-state index is 12.4. The molecule has 6 nitrogen and oxygen atoms in total. The number of nitrogens with zero attached hydrogens (tertiary/aromatic N) is 2. The Labute approximate surface area is 153 Å². The smallest absolute Gasteiger partial charge is 0.387 e. The number of nitrogens with one attached hydrogen (secondary N) is 1. The van der Waals surface area contributed by atoms with E-state index in [1.165, 1.54) is 41.1 Å². The van der Waals surface area contributed by atoms with E-state index in [4.69, 9.17) is 0 Å². The van der Waals surface area contributed by atoms with E-state index in [1.54, 1.807) is 0 Å². The van der Waals surface area contributed by atoms with Crippen molar-refractivity contribution >= 4 is 11.6 Å². The molecule has 0 aliphatic carbocycles. The van der Waals surface area contributed by atoms with Gasteiger partial charge in [-0.05, 0) is 35.9 Å². The van der Waals surface area contributed by atoms with Crippen LogP contribution in [0.2, 0.25) is 0 Å². The molecule has 3 rings (SSSR count). The second-order valence-electron chi connectivity index (χ2n) is 5.56. The molecule has 1 aromatic heterocycles. The molecule has 1 N–H and O–H groups in total. The van der Waals surface area contributed by atoms with Crippen LogP contribution in [0.4, 0.5) is 14.5 Å². The van der Waals surface area contributed by atoms with Crippen LogP contribution in [0.1, 0.15) is 16.1 Å². The Kier molecular flexibility index (Phi) is 5.55. The molecule has 0 aliphatic heterocycles. The molecule has 0 fully saturated rings. The largest absolute Gasteiger partial charge is 0.435 e. The number of hydrogen-bond donors (Lipinski definition) is 1. The van der Waals surface area contributed by atoms with Gasteiger partial charge in [-0.15, -0.1) is 0 Å². The number of ether oxygens (including phenoxy) is 1. The van der Waals surface area contributed by atoms with Crippen LogP contribution in [0.3, 0.4) is 0 Å². The van der Waals surface area contributed by atoms with Gasteiger partial charge in [0.2, 0.25) is 0 Å². The third kappa shape index (κ3) is 4.97. The first-order chi connectivity index (χ1) is 13.0. The highest BCUT2D eigenvalue weighted by atomic mass is 19.3. The van der Waals surface area contributed by atoms with E-state index in [2.05, 4.69) is 15.2 Å². The van der Waals surface area contributed by atoms with Crippen LogP contribution in [-0.4, -0.2) is 22.3 Å². The summed E-state index contributed by atoms with van der Waals surface area (Å²) in [4.78, 5) is 24.3. The third-order valence-corrected chi connectivity index (χ3v) is 3.61. The normalized spacial score (nSPS) is 10.6. The maximum atomic E-state index is 12.4. The van der Waals surface area contributed by atoms with Crippen LogP contribution in [0, 0.1) is 0 Å². The first-order valence-electron chi connectivity index (χ1n) is 7.99. The summed E-state index contributed by atoms with van der Waals surface area (Å²) in [6.07, 6.45) is 0. The second-order valence-corrected chi connectivity index (χ2v) is 5.56. The number of carbonyl (C=O) groups is 1. The van der Waals surface area contributed by atoms with Gasteiger partial charge in [0.15, 0.2) is 0 Å². The van der Waals surface area contributed by atoms with Crippen molar-refractivity contribution in [2.45, 2.75) is 13.2 Å². The fourth-order valence-electron chi connectivity index (χ4n) is 2.35. The first-order valence-corrected chi connectivity index (χ1v) is 7.99. The van der Waals surface area contributed by atoms with E-state index in [1.807, 2.05) is 30.3 Å². The molecular weight excluding hydrogens is 356 g/mol. The topological polar surface area (TPSA) is 73.2 Å². The van der Waals surface area contributed by atoms with Gasteiger partial charge in [0, 0.05) is 11.8 Å². The Morgan fingerprint density at radius 1 is 1.04 bits per heavy atom. The van der Waals surface area contributed by atoms with E-state index in [9.17, 15) is 18.4 Å². The minimum absolute atomic E-state index is 0.0162. The molecule has 0 saturated carbocycles. The van der Waals surface area contributed by atoms with Gasteiger partial charge in [-0.1, -0.05) is 30.3 Å². The summed E-state index contributed by atoms with van der Waals surface area (Å²) in [5, 5.41) is 6.68. The fraction of sp³-hybridized carbons (Fsp3) is 0.105. The van der Waals surface area contributed by atoms with Crippen molar-refractivity contribution in [3.05, 3.63) is 88.3 Å². The Hall–Kier alpha value is -3.55. The number of rotatable bonds is 6. The first kappa shape index (κ1) is 18.2. The average Bonchev–Trinajstić information content (AvgIpc) is 2.65. The van der Waals surface area contributed by atoms with Crippen molar-refractivity contribution in [2.24, 2.45) is 0 Å². The number of benzene rings is 2. The zero-order valence-electron chi connectivity index (χ0n) is 14.0. The standard InChI is InChI=1S/C19H15F2N3O3/c20-19(21)27-15-8-6-14(7-9-15)22-18(26)16-10-11-17(25)24(23-16)12-13-4-2-1-3-5-13/h1-11,19H,12H2,(H,22,26). The van der Waals surface area contributed by atoms with Crippen LogP contribution >= 0.6 is 0 Å². The Balaban J connectivity index is 1.73. The summed E-state index contributed by atoms with van der Waals surface area (Å²) in [5.41, 5.74) is 0.978. The Bertz CT molecular complexity index is 973. The molecule has 3 aromatic rings. The second kappa shape index (κ2) is 8.22. The molecule has 8 heteroatoms. The molecule has 0 spiro atoms. The zero-order chi connectivity index (χ0) is 19.2. The predicted molar refractivity (Wildman–Crippen MR) is 95.1 cm³/mol. The van der Waals surface area contributed by atoms with Gasteiger partial charge >= 0.3 is 6.61 Å². The van der Waals surface area contributed by atoms with Crippen molar-refractivity contribution in [1.82, 2.24) is 9.78 Å². The van der Waals surface area contributed by atoms with E-state index < -0.39 is 12.5 Å². The lowest BCUT2D eigenvalue weighted by Crippen LogP contribution is -2.26. The number of halogens is 2. The number of anilines is 1. The maximum Gasteiger partial charge on any atom is 0.387 e. The van der Waals surface area contributed by atoms with Crippen molar-refractivity contribution in [3.63, 3.8) is 0 Å². The average molecular weight is 371 g/mol. The molecule has 0 bridgehead atoms. The number of carbonyl (C=O) groups excluding carboxylic acids is 1. The van der Waals surface area contributed by atoms with Crippen LogP contribution in [0.5, 0.6) is 5.75 Å². The minimum atomic E-state index is -2.92. The van der Waals surface area contributed by atoms with Crippen molar-refractivity contribution in [1.29, 1.82) is 0 Å². The predicted octanol–water partition coefficient (Wildman–Crippen LogP) is 3.15. The zero-order valence-corrected chi connectivity index (χ0v) is 14.0. The van der Waals surface area contributed by atoms with E-state index in [0.29, 0.717) is 5.69 Å². The van der Waals surface area contributed by atoms with Crippen molar-refractivity contribution in [3.8, 4) is 5.75 Å². The third-order valence-electron chi connectivity index (χ3n) is 3.61. The lowest BCUT2D eigenvalue weighted by Gasteiger charge is -2.09. The van der Waals surface area contributed by atoms with Crippen molar-refractivity contribution in [2.75, 3.05) is 5.32 Å². The molecule has 0 radical (unpaired) electrons. The molecule has 0 atom stereocenters. The van der Waals surface area contributed by atoms with E-state index in [-0.39, 0.29) is 23.5 Å². The summed E-state index contributed by atoms with van der Waals surface area (Å²) in [5.74, 6) is -0.545. The monoisotopic (exact) mass is 371 g/mol. The molecule has 0 unspecified atom stereocenters. The Morgan fingerprint density at radius 2 is 1.74 bits per heavy atom. The van der Waals surface area contributed by atoms with Crippen LogP contribution < -0.4 is 15.6 Å². The number of amides is 1. The fourth-order valence-corrected chi connectivity index (χ4v) is 2.35. The van der Waals surface area contributed by atoms with E-state index >= 15 is 0 Å². The van der Waals surface area contributed by atoms with Gasteiger partial charge in [0.25, 0.3) is 11.5 Å². The van der Waals surface area contributed by atoms with Gasteiger partial charge in [0.1, 0.15) is 11.4 Å². The van der Waals surface area contributed by atoms with Gasteiger partial charge in [-0.3, -0.25) is 9.59 Å². The molecule has 0 aliphatic rings. The van der Waals surface area contributed by atoms with Gasteiger partial charge < -0.3 is 10.1 Å². The quantitative estimate of drug-likeness (QED) is 0.723. The number of aromatic nitrogens is 2. The minimum Gasteiger partial charge on any atom is -0.435 e. The van der Waals surface area contributed by atoms with Crippen LogP contribution in [0.25, 0.3) is 0 Å². The summed E-state index contributed by atoms with van der Waals surface area (Å²) in [6.45, 7) is -2.68. The highest BCUT2D eigenvalue weighted by molar-refractivity contribution is 6.02. The Morgan fingerprint density at radius 3 is 2.41 bits per heavy atom. The summed E-state index contributed by atoms with van der Waals surface area (Å²) >= 11 is 0. The molecule has 1 amide bonds. The lowest BCUT2D eigenvalue weighted by atomic mass is 10.2. The van der Waals surface area contributed by atoms with Crippen LogP contribution in [-0.2, 0) is 6.54 Å². The highest BCUT2D eigenvalue weighted by Crippen LogP contribution is 2.18.